The van der Waals surface area contributed by atoms with E-state index in [9.17, 15) is 9.59 Å². The lowest BCUT2D eigenvalue weighted by atomic mass is 9.46. The molecule has 4 aliphatic carbocycles. The Morgan fingerprint density at radius 1 is 1.23 bits per heavy atom. The first kappa shape index (κ1) is 17.3. The van der Waals surface area contributed by atoms with Gasteiger partial charge < -0.3 is 15.0 Å². The third kappa shape index (κ3) is 2.75. The summed E-state index contributed by atoms with van der Waals surface area (Å²) in [5, 5.41) is 3.22. The van der Waals surface area contributed by atoms with Crippen molar-refractivity contribution < 1.29 is 14.3 Å². The van der Waals surface area contributed by atoms with E-state index in [1.807, 2.05) is 13.1 Å². The minimum atomic E-state index is -0.360. The number of aromatic nitrogens is 1. The van der Waals surface area contributed by atoms with Crippen LogP contribution in [0.3, 0.4) is 0 Å². The monoisotopic (exact) mass is 357 g/mol. The van der Waals surface area contributed by atoms with Crippen LogP contribution in [0, 0.1) is 17.3 Å². The summed E-state index contributed by atoms with van der Waals surface area (Å²) in [5.41, 5.74) is 0.228. The van der Waals surface area contributed by atoms with Crippen LogP contribution in [0.2, 0.25) is 0 Å². The molecule has 1 heterocycles. The number of nitrogens with zero attached hydrogens (tertiary/aromatic N) is 2. The highest BCUT2D eigenvalue weighted by Gasteiger charge is 2.61. The van der Waals surface area contributed by atoms with Crippen LogP contribution in [0.1, 0.15) is 45.4 Å². The van der Waals surface area contributed by atoms with Crippen molar-refractivity contribution in [3.63, 3.8) is 0 Å². The Bertz CT molecular complexity index is 716. The zero-order chi connectivity index (χ0) is 18.5. The van der Waals surface area contributed by atoms with Crippen LogP contribution < -0.4 is 15.0 Å². The molecule has 26 heavy (non-hydrogen) atoms. The van der Waals surface area contributed by atoms with Crippen molar-refractivity contribution in [2.45, 2.75) is 51.0 Å². The Morgan fingerprint density at radius 2 is 1.92 bits per heavy atom. The van der Waals surface area contributed by atoms with Gasteiger partial charge in [0.15, 0.2) is 0 Å². The molecule has 0 spiro atoms. The van der Waals surface area contributed by atoms with Crippen LogP contribution in [0.4, 0.5) is 5.69 Å². The number of hydrogen-bond acceptors (Lipinski definition) is 4. The van der Waals surface area contributed by atoms with E-state index >= 15 is 0 Å². The zero-order valence-corrected chi connectivity index (χ0v) is 15.7. The third-order valence-electron chi connectivity index (χ3n) is 6.58. The van der Waals surface area contributed by atoms with Crippen molar-refractivity contribution in [1.82, 2.24) is 10.3 Å². The molecule has 2 amide bonds. The summed E-state index contributed by atoms with van der Waals surface area (Å²) in [7, 11) is 3.41. The lowest BCUT2D eigenvalue weighted by Crippen LogP contribution is -2.65. The average Bonchev–Trinajstić information content (AvgIpc) is 2.58. The van der Waals surface area contributed by atoms with E-state index in [-0.39, 0.29) is 22.8 Å². The molecule has 4 fully saturated rings. The van der Waals surface area contributed by atoms with Crippen LogP contribution in [0.15, 0.2) is 18.3 Å². The maximum absolute atomic E-state index is 13.5. The molecule has 0 aromatic carbocycles. The lowest BCUT2D eigenvalue weighted by molar-refractivity contribution is -0.150. The van der Waals surface area contributed by atoms with Gasteiger partial charge in [-0.2, -0.15) is 0 Å². The smallest absolute Gasteiger partial charge is 0.233 e. The van der Waals surface area contributed by atoms with Gasteiger partial charge >= 0.3 is 0 Å². The van der Waals surface area contributed by atoms with Gasteiger partial charge in [-0.1, -0.05) is 0 Å². The summed E-state index contributed by atoms with van der Waals surface area (Å²) in [6.07, 6.45) is 7.57. The van der Waals surface area contributed by atoms with Gasteiger partial charge in [0.1, 0.15) is 0 Å². The topological polar surface area (TPSA) is 71.5 Å². The van der Waals surface area contributed by atoms with Gasteiger partial charge in [-0.15, -0.1) is 0 Å². The molecule has 4 bridgehead atoms. The summed E-state index contributed by atoms with van der Waals surface area (Å²) >= 11 is 0. The van der Waals surface area contributed by atoms with Crippen molar-refractivity contribution in [3.05, 3.63) is 18.3 Å². The van der Waals surface area contributed by atoms with Crippen LogP contribution in [0.5, 0.6) is 5.88 Å². The quantitative estimate of drug-likeness (QED) is 0.899. The van der Waals surface area contributed by atoms with E-state index in [4.69, 9.17) is 4.74 Å². The van der Waals surface area contributed by atoms with Crippen molar-refractivity contribution >= 4 is 17.5 Å². The predicted octanol–water partition coefficient (Wildman–Crippen LogP) is 2.53. The average molecular weight is 357 g/mol. The van der Waals surface area contributed by atoms with Gasteiger partial charge in [-0.3, -0.25) is 9.59 Å². The van der Waals surface area contributed by atoms with E-state index in [0.29, 0.717) is 17.7 Å². The first-order valence-corrected chi connectivity index (χ1v) is 9.42. The molecule has 4 aliphatic rings. The molecule has 1 N–H and O–H groups in total. The molecular formula is C20H27N3O3. The molecule has 5 rings (SSSR count). The van der Waals surface area contributed by atoms with Crippen LogP contribution in [0.25, 0.3) is 0 Å². The number of methoxy groups -OCH3 is 1. The fraction of sp³-hybridized carbons (Fsp3) is 0.650. The Morgan fingerprint density at radius 3 is 2.46 bits per heavy atom. The van der Waals surface area contributed by atoms with Crippen molar-refractivity contribution in [2.75, 3.05) is 19.1 Å². The zero-order valence-electron chi connectivity index (χ0n) is 15.7. The van der Waals surface area contributed by atoms with E-state index in [1.54, 1.807) is 31.2 Å². The van der Waals surface area contributed by atoms with Gasteiger partial charge in [0.25, 0.3) is 0 Å². The molecule has 6 nitrogen and oxygen atoms in total. The Labute approximate surface area is 154 Å². The van der Waals surface area contributed by atoms with E-state index < -0.39 is 0 Å². The number of amides is 2. The van der Waals surface area contributed by atoms with Crippen molar-refractivity contribution in [3.8, 4) is 5.88 Å². The minimum Gasteiger partial charge on any atom is -0.481 e. The molecule has 1 aromatic heterocycles. The second-order valence-corrected chi connectivity index (χ2v) is 8.63. The van der Waals surface area contributed by atoms with Crippen molar-refractivity contribution in [2.24, 2.45) is 17.3 Å². The van der Waals surface area contributed by atoms with E-state index in [2.05, 4.69) is 10.3 Å². The van der Waals surface area contributed by atoms with Crippen LogP contribution in [-0.2, 0) is 9.59 Å². The molecule has 0 unspecified atom stereocenters. The molecule has 0 saturated heterocycles. The number of pyridine rings is 1. The predicted molar refractivity (Wildman–Crippen MR) is 97.9 cm³/mol. The number of ether oxygens (including phenoxy) is 1. The minimum absolute atomic E-state index is 0.0160. The highest BCUT2D eigenvalue weighted by Crippen LogP contribution is 2.62. The highest BCUT2D eigenvalue weighted by molar-refractivity contribution is 5.97. The normalized spacial score (nSPS) is 34.4. The fourth-order valence-corrected chi connectivity index (χ4v) is 6.20. The molecule has 0 radical (unpaired) electrons. The SMILES string of the molecule is COc1ccc(N(C)C(=O)C23C[C@H]4C[C@@H](CC(NC(C)=O)(C4)C2)C3)cn1. The van der Waals surface area contributed by atoms with Gasteiger partial charge in [-0.05, 0) is 56.4 Å². The summed E-state index contributed by atoms with van der Waals surface area (Å²) in [6.45, 7) is 1.59. The van der Waals surface area contributed by atoms with Crippen LogP contribution in [-0.4, -0.2) is 36.5 Å². The summed E-state index contributed by atoms with van der Waals surface area (Å²) in [4.78, 5) is 31.3. The standard InChI is InChI=1S/C20H27N3O3/c1-13(24)22-20-9-14-6-15(10-20)8-19(7-14,12-20)18(25)23(2)16-4-5-17(26-3)21-11-16/h4-5,11,14-15H,6-10,12H2,1-3H3,(H,22,24)/t14-,15-,19?,20?/m1/s1. The number of hydrogen-bond donors (Lipinski definition) is 1. The largest absolute Gasteiger partial charge is 0.481 e. The second-order valence-electron chi connectivity index (χ2n) is 8.63. The highest BCUT2D eigenvalue weighted by atomic mass is 16.5. The molecule has 6 heteroatoms. The fourth-order valence-electron chi connectivity index (χ4n) is 6.20. The van der Waals surface area contributed by atoms with Crippen LogP contribution >= 0.6 is 0 Å². The Hall–Kier alpha value is -2.11. The van der Waals surface area contributed by atoms with E-state index in [1.165, 1.54) is 6.42 Å². The maximum Gasteiger partial charge on any atom is 0.233 e. The summed E-state index contributed by atoms with van der Waals surface area (Å²) in [6, 6.07) is 3.64. The lowest BCUT2D eigenvalue weighted by Gasteiger charge is -2.61. The van der Waals surface area contributed by atoms with Gasteiger partial charge in [0.05, 0.1) is 24.4 Å². The first-order valence-electron chi connectivity index (χ1n) is 9.42. The number of rotatable bonds is 4. The third-order valence-corrected chi connectivity index (χ3v) is 6.58. The van der Waals surface area contributed by atoms with Gasteiger partial charge in [0, 0.05) is 25.6 Å². The number of nitrogens with one attached hydrogen (secondary N) is 1. The van der Waals surface area contributed by atoms with E-state index in [0.717, 1.165) is 37.8 Å². The number of carbonyl (C=O) groups is 2. The Balaban J connectivity index is 1.61. The second kappa shape index (κ2) is 5.96. The number of anilines is 1. The molecule has 1 aromatic rings. The maximum atomic E-state index is 13.5. The van der Waals surface area contributed by atoms with Gasteiger partial charge in [-0.25, -0.2) is 4.98 Å². The summed E-state index contributed by atoms with van der Waals surface area (Å²) < 4.78 is 5.11. The molecule has 0 aliphatic heterocycles. The molecular weight excluding hydrogens is 330 g/mol. The Kier molecular flexibility index (Phi) is 3.97. The van der Waals surface area contributed by atoms with Gasteiger partial charge in [0.2, 0.25) is 17.7 Å². The van der Waals surface area contributed by atoms with Crippen molar-refractivity contribution in [1.29, 1.82) is 0 Å². The molecule has 140 valence electrons. The molecule has 2 atom stereocenters. The number of carbonyl (C=O) groups excluding carboxylic acids is 2. The molecule has 4 saturated carbocycles. The summed E-state index contributed by atoms with van der Waals surface area (Å²) in [5.74, 6) is 1.79. The first-order chi connectivity index (χ1) is 12.3.